The van der Waals surface area contributed by atoms with Crippen molar-refractivity contribution >= 4 is 38.9 Å². The van der Waals surface area contributed by atoms with E-state index in [0.717, 1.165) is 17.5 Å². The topological polar surface area (TPSA) is 46.2 Å². The zero-order chi connectivity index (χ0) is 16.3. The van der Waals surface area contributed by atoms with Gasteiger partial charge in [0.05, 0.1) is 11.4 Å². The molecule has 0 radical (unpaired) electrons. The predicted molar refractivity (Wildman–Crippen MR) is 93.3 cm³/mol. The maximum absolute atomic E-state index is 12.5. The summed E-state index contributed by atoms with van der Waals surface area (Å²) in [5.74, 6) is -0.261. The highest BCUT2D eigenvalue weighted by Gasteiger charge is 2.18. The van der Waals surface area contributed by atoms with Gasteiger partial charge in [-0.2, -0.15) is 0 Å². The molecule has 3 nitrogen and oxygen atoms in total. The number of halogens is 2. The van der Waals surface area contributed by atoms with Crippen molar-refractivity contribution in [3.05, 3.63) is 63.1 Å². The van der Waals surface area contributed by atoms with Crippen LogP contribution in [0.1, 0.15) is 23.6 Å². The summed E-state index contributed by atoms with van der Waals surface area (Å²) in [4.78, 5) is 0. The van der Waals surface area contributed by atoms with Crippen LogP contribution in [0.2, 0.25) is 10.0 Å². The Morgan fingerprint density at radius 3 is 2.23 bits per heavy atom. The average molecular weight is 358 g/mol. The number of sulfonamides is 1. The fourth-order valence-corrected chi connectivity index (χ4v) is 4.28. The number of aryl methyl sites for hydroxylation is 2. The highest BCUT2D eigenvalue weighted by atomic mass is 35.5. The van der Waals surface area contributed by atoms with Gasteiger partial charge in [0.1, 0.15) is 0 Å². The number of anilines is 1. The summed E-state index contributed by atoms with van der Waals surface area (Å²) in [6.07, 6.45) is 0.742. The molecule has 118 valence electrons. The highest BCUT2D eigenvalue weighted by molar-refractivity contribution is 7.91. The second-order valence-electron chi connectivity index (χ2n) is 5.02. The van der Waals surface area contributed by atoms with Crippen LogP contribution < -0.4 is 4.72 Å². The normalized spacial score (nSPS) is 11.5. The van der Waals surface area contributed by atoms with E-state index >= 15 is 0 Å². The van der Waals surface area contributed by atoms with Crippen LogP contribution in [0.15, 0.2) is 36.4 Å². The van der Waals surface area contributed by atoms with Gasteiger partial charge in [-0.3, -0.25) is 4.72 Å². The van der Waals surface area contributed by atoms with Gasteiger partial charge >= 0.3 is 0 Å². The largest absolute Gasteiger partial charge is 0.283 e. The maximum atomic E-state index is 12.5. The molecule has 0 bridgehead atoms. The smallest absolute Gasteiger partial charge is 0.237 e. The van der Waals surface area contributed by atoms with E-state index in [-0.39, 0.29) is 5.75 Å². The van der Waals surface area contributed by atoms with Gasteiger partial charge in [0.25, 0.3) is 0 Å². The fourth-order valence-electron chi connectivity index (χ4n) is 2.22. The van der Waals surface area contributed by atoms with Crippen molar-refractivity contribution in [2.75, 3.05) is 4.72 Å². The van der Waals surface area contributed by atoms with Crippen LogP contribution in [-0.4, -0.2) is 8.42 Å². The Hall–Kier alpha value is -1.23. The molecular weight excluding hydrogens is 341 g/mol. The minimum absolute atomic E-state index is 0.261. The van der Waals surface area contributed by atoms with Crippen LogP contribution in [0.5, 0.6) is 0 Å². The lowest BCUT2D eigenvalue weighted by atomic mass is 10.1. The zero-order valence-electron chi connectivity index (χ0n) is 12.4. The van der Waals surface area contributed by atoms with Crippen molar-refractivity contribution in [2.45, 2.75) is 26.0 Å². The first kappa shape index (κ1) is 17.1. The molecule has 0 saturated carbocycles. The number of nitrogens with one attached hydrogen (secondary N) is 1. The molecule has 1 N–H and O–H groups in total. The summed E-state index contributed by atoms with van der Waals surface area (Å²) in [5, 5.41) is 0.691. The summed E-state index contributed by atoms with van der Waals surface area (Å²) >= 11 is 12.1. The molecule has 0 aliphatic carbocycles. The molecular formula is C16H17Cl2NO2S. The van der Waals surface area contributed by atoms with Crippen LogP contribution in [0.4, 0.5) is 5.69 Å². The van der Waals surface area contributed by atoms with Gasteiger partial charge in [-0.15, -0.1) is 0 Å². The van der Waals surface area contributed by atoms with Crippen molar-refractivity contribution in [2.24, 2.45) is 0 Å². The molecule has 0 aromatic heterocycles. The van der Waals surface area contributed by atoms with Crippen molar-refractivity contribution in [1.29, 1.82) is 0 Å². The van der Waals surface area contributed by atoms with Crippen molar-refractivity contribution < 1.29 is 8.42 Å². The maximum Gasteiger partial charge on any atom is 0.237 e. The average Bonchev–Trinajstić information content (AvgIpc) is 2.45. The van der Waals surface area contributed by atoms with Crippen LogP contribution in [0, 0.1) is 6.92 Å². The number of para-hydroxylation sites is 1. The van der Waals surface area contributed by atoms with E-state index in [4.69, 9.17) is 23.2 Å². The molecule has 0 fully saturated rings. The molecule has 0 saturated heterocycles. The first-order chi connectivity index (χ1) is 10.3. The van der Waals surface area contributed by atoms with Gasteiger partial charge < -0.3 is 0 Å². The Balaban J connectivity index is 2.33. The molecule has 22 heavy (non-hydrogen) atoms. The van der Waals surface area contributed by atoms with Gasteiger partial charge in [0.15, 0.2) is 0 Å². The van der Waals surface area contributed by atoms with Gasteiger partial charge in [-0.05, 0) is 36.6 Å². The van der Waals surface area contributed by atoms with E-state index in [1.165, 1.54) is 0 Å². The molecule has 0 aliphatic heterocycles. The first-order valence-corrected chi connectivity index (χ1v) is 9.26. The second-order valence-corrected chi connectivity index (χ2v) is 7.56. The van der Waals surface area contributed by atoms with Crippen LogP contribution in [0.25, 0.3) is 0 Å². The van der Waals surface area contributed by atoms with Crippen LogP contribution in [-0.2, 0) is 22.2 Å². The van der Waals surface area contributed by atoms with E-state index in [0.29, 0.717) is 21.3 Å². The standard InChI is InChI=1S/C16H17Cl2NO2S/c1-3-12-7-4-6-11(2)16(12)19-22(20,21)10-13-14(17)8-5-9-15(13)18/h4-9,19H,3,10H2,1-2H3. The Morgan fingerprint density at radius 1 is 1.05 bits per heavy atom. The summed E-state index contributed by atoms with van der Waals surface area (Å²) < 4.78 is 27.6. The van der Waals surface area contributed by atoms with Crippen molar-refractivity contribution in [1.82, 2.24) is 0 Å². The lowest BCUT2D eigenvalue weighted by molar-refractivity contribution is 0.600. The summed E-state index contributed by atoms with van der Waals surface area (Å²) in [7, 11) is -3.61. The quantitative estimate of drug-likeness (QED) is 0.834. The third-order valence-electron chi connectivity index (χ3n) is 3.39. The van der Waals surface area contributed by atoms with E-state index in [9.17, 15) is 8.42 Å². The van der Waals surface area contributed by atoms with Crippen LogP contribution in [0.3, 0.4) is 0 Å². The minimum Gasteiger partial charge on any atom is -0.283 e. The van der Waals surface area contributed by atoms with E-state index in [1.807, 2.05) is 32.0 Å². The molecule has 0 amide bonds. The fraction of sp³-hybridized carbons (Fsp3) is 0.250. The molecule has 2 aromatic rings. The molecule has 0 aliphatic rings. The lowest BCUT2D eigenvalue weighted by Crippen LogP contribution is -2.17. The Kier molecular flexibility index (Phi) is 5.37. The van der Waals surface area contributed by atoms with Crippen LogP contribution >= 0.6 is 23.2 Å². The molecule has 2 aromatic carbocycles. The summed E-state index contributed by atoms with van der Waals surface area (Å²) in [6, 6.07) is 10.6. The lowest BCUT2D eigenvalue weighted by Gasteiger charge is -2.15. The third-order valence-corrected chi connectivity index (χ3v) is 5.29. The number of benzene rings is 2. The number of hydrogen-bond donors (Lipinski definition) is 1. The van der Waals surface area contributed by atoms with Gasteiger partial charge in [0, 0.05) is 15.6 Å². The molecule has 0 unspecified atom stereocenters. The third kappa shape index (κ3) is 3.94. The Bertz CT molecular complexity index is 768. The van der Waals surface area contributed by atoms with E-state index in [2.05, 4.69) is 4.72 Å². The summed E-state index contributed by atoms with van der Waals surface area (Å²) in [5.41, 5.74) is 2.88. The van der Waals surface area contributed by atoms with E-state index in [1.54, 1.807) is 18.2 Å². The first-order valence-electron chi connectivity index (χ1n) is 6.86. The molecule has 0 spiro atoms. The molecule has 6 heteroatoms. The highest BCUT2D eigenvalue weighted by Crippen LogP contribution is 2.28. The molecule has 2 rings (SSSR count). The zero-order valence-corrected chi connectivity index (χ0v) is 14.7. The summed E-state index contributed by atoms with van der Waals surface area (Å²) in [6.45, 7) is 3.86. The number of rotatable bonds is 5. The van der Waals surface area contributed by atoms with Gasteiger partial charge in [-0.25, -0.2) is 8.42 Å². The molecule has 0 heterocycles. The number of hydrogen-bond acceptors (Lipinski definition) is 2. The Morgan fingerprint density at radius 2 is 1.64 bits per heavy atom. The minimum atomic E-state index is -3.61. The Labute approximate surface area is 141 Å². The van der Waals surface area contributed by atoms with Crippen molar-refractivity contribution in [3.8, 4) is 0 Å². The SMILES string of the molecule is CCc1cccc(C)c1NS(=O)(=O)Cc1c(Cl)cccc1Cl. The predicted octanol–water partition coefficient (Wildman–Crippen LogP) is 4.81. The van der Waals surface area contributed by atoms with Gasteiger partial charge in [-0.1, -0.05) is 54.4 Å². The molecule has 0 atom stereocenters. The van der Waals surface area contributed by atoms with E-state index < -0.39 is 10.0 Å². The van der Waals surface area contributed by atoms with Crippen molar-refractivity contribution in [3.63, 3.8) is 0 Å². The second kappa shape index (κ2) is 6.90. The van der Waals surface area contributed by atoms with Gasteiger partial charge in [0.2, 0.25) is 10.0 Å². The monoisotopic (exact) mass is 357 g/mol.